The van der Waals surface area contributed by atoms with E-state index in [1.807, 2.05) is 0 Å². The van der Waals surface area contributed by atoms with Gasteiger partial charge < -0.3 is 11.1 Å². The van der Waals surface area contributed by atoms with Gasteiger partial charge in [-0.15, -0.1) is 0 Å². The maximum absolute atomic E-state index is 11.1. The lowest BCUT2D eigenvalue weighted by molar-refractivity contribution is -0.122. The quantitative estimate of drug-likeness (QED) is 0.212. The third-order valence-corrected chi connectivity index (χ3v) is 1.80. The largest absolute Gasteiger partial charge is 0.375 e. The highest BCUT2D eigenvalue weighted by molar-refractivity contribution is 7.80. The van der Waals surface area contributed by atoms with E-state index >= 15 is 0 Å². The number of thiocarbonyl (C=S) groups is 1. The van der Waals surface area contributed by atoms with Crippen molar-refractivity contribution in [3.8, 4) is 0 Å². The number of Topliss-reactive ketones (excluding diaryl/α,β-unsaturated/α-hetero) is 1. The van der Waals surface area contributed by atoms with Crippen LogP contribution in [0.25, 0.3) is 0 Å². The first-order chi connectivity index (χ1) is 6.97. The van der Waals surface area contributed by atoms with E-state index in [1.54, 1.807) is 0 Å². The normalized spacial score (nSPS) is 12.1. The first kappa shape index (κ1) is 13.8. The summed E-state index contributed by atoms with van der Waals surface area (Å²) in [6.45, 7) is 1.37. The van der Waals surface area contributed by atoms with Gasteiger partial charge in [0.1, 0.15) is 6.21 Å². The van der Waals surface area contributed by atoms with Crippen LogP contribution >= 0.6 is 24.8 Å². The molecule has 1 unspecified atom stereocenters. The number of amides is 1. The summed E-state index contributed by atoms with van der Waals surface area (Å²) in [6, 6.07) is -0.614. The molecule has 0 aliphatic rings. The predicted octanol–water partition coefficient (Wildman–Crippen LogP) is -1.19. The number of carbonyl (C=O) groups is 2. The average Bonchev–Trinajstić information content (AvgIpc) is 2.13. The second-order valence-electron chi connectivity index (χ2n) is 2.59. The zero-order valence-corrected chi connectivity index (χ0v) is 9.77. The van der Waals surface area contributed by atoms with Gasteiger partial charge in [-0.05, 0) is 19.1 Å². The molecule has 84 valence electrons. The zero-order valence-electron chi connectivity index (χ0n) is 8.06. The Morgan fingerprint density at radius 3 is 2.67 bits per heavy atom. The van der Waals surface area contributed by atoms with E-state index in [-0.39, 0.29) is 16.6 Å². The summed E-state index contributed by atoms with van der Waals surface area (Å²) in [5.41, 5.74) is 7.27. The Hall–Kier alpha value is -1.15. The highest BCUT2D eigenvalue weighted by Gasteiger charge is 2.13. The Bertz CT molecular complexity index is 293. The molecule has 0 aromatic heterocycles. The number of hydrazone groups is 1. The molecule has 0 rings (SSSR count). The molecule has 4 N–H and O–H groups in total. The number of nitrogens with two attached hydrogens (primary N) is 1. The third-order valence-electron chi connectivity index (χ3n) is 1.35. The minimum Gasteiger partial charge on any atom is -0.375 e. The number of thiol groups is 1. The number of hydrogen-bond donors (Lipinski definition) is 4. The average molecular weight is 248 g/mol. The second kappa shape index (κ2) is 7.18. The highest BCUT2D eigenvalue weighted by Crippen LogP contribution is 1.88. The minimum absolute atomic E-state index is 0.0450. The predicted molar refractivity (Wildman–Crippen MR) is 64.9 cm³/mol. The van der Waals surface area contributed by atoms with Gasteiger partial charge in [0, 0.05) is 5.75 Å². The number of hydrogen-bond acceptors (Lipinski definition) is 5. The van der Waals surface area contributed by atoms with Gasteiger partial charge in [-0.2, -0.15) is 17.7 Å². The van der Waals surface area contributed by atoms with E-state index in [0.29, 0.717) is 0 Å². The fraction of sp³-hybridized carbons (Fsp3) is 0.429. The van der Waals surface area contributed by atoms with Gasteiger partial charge in [0.05, 0.1) is 6.04 Å². The van der Waals surface area contributed by atoms with Crippen LogP contribution in [0.1, 0.15) is 6.92 Å². The molecule has 15 heavy (non-hydrogen) atoms. The smallest absolute Gasteiger partial charge is 0.264 e. The van der Waals surface area contributed by atoms with E-state index in [4.69, 9.17) is 5.73 Å². The Labute approximate surface area is 98.1 Å². The SMILES string of the molecule is CC(=O)C(CS)NC(=O)/C=N/NC(N)=S. The second-order valence-corrected chi connectivity index (χ2v) is 3.39. The lowest BCUT2D eigenvalue weighted by Gasteiger charge is -2.10. The Morgan fingerprint density at radius 1 is 1.67 bits per heavy atom. The Balaban J connectivity index is 4.07. The van der Waals surface area contributed by atoms with E-state index in [1.165, 1.54) is 6.92 Å². The molecule has 6 nitrogen and oxygen atoms in total. The van der Waals surface area contributed by atoms with E-state index < -0.39 is 11.9 Å². The van der Waals surface area contributed by atoms with Crippen molar-refractivity contribution in [3.05, 3.63) is 0 Å². The molecule has 0 saturated carbocycles. The lowest BCUT2D eigenvalue weighted by atomic mass is 10.2. The van der Waals surface area contributed by atoms with Gasteiger partial charge in [-0.3, -0.25) is 15.0 Å². The minimum atomic E-state index is -0.614. The van der Waals surface area contributed by atoms with Gasteiger partial charge in [-0.25, -0.2) is 0 Å². The lowest BCUT2D eigenvalue weighted by Crippen LogP contribution is -2.42. The summed E-state index contributed by atoms with van der Waals surface area (Å²) in [6.07, 6.45) is 0.943. The molecule has 8 heteroatoms. The van der Waals surface area contributed by atoms with Crippen molar-refractivity contribution < 1.29 is 9.59 Å². The topological polar surface area (TPSA) is 96.6 Å². The zero-order chi connectivity index (χ0) is 11.8. The van der Waals surface area contributed by atoms with Gasteiger partial charge in [0.15, 0.2) is 10.9 Å². The van der Waals surface area contributed by atoms with Crippen LogP contribution in [0, 0.1) is 0 Å². The summed E-state index contributed by atoms with van der Waals surface area (Å²) in [7, 11) is 0. The number of rotatable bonds is 5. The molecule has 0 fully saturated rings. The number of nitrogens with zero attached hydrogens (tertiary/aromatic N) is 1. The molecule has 0 saturated heterocycles. The molecule has 0 spiro atoms. The molecule has 0 bridgehead atoms. The summed E-state index contributed by atoms with van der Waals surface area (Å²) >= 11 is 8.37. The van der Waals surface area contributed by atoms with Crippen LogP contribution in [0.5, 0.6) is 0 Å². The molecular formula is C7H12N4O2S2. The molecule has 0 radical (unpaired) electrons. The summed E-state index contributed by atoms with van der Waals surface area (Å²) in [5.74, 6) is -0.459. The van der Waals surface area contributed by atoms with Crippen LogP contribution in [-0.4, -0.2) is 34.8 Å². The first-order valence-electron chi connectivity index (χ1n) is 3.97. The van der Waals surface area contributed by atoms with Crippen molar-refractivity contribution in [2.24, 2.45) is 10.8 Å². The van der Waals surface area contributed by atoms with Crippen molar-refractivity contribution in [2.45, 2.75) is 13.0 Å². The van der Waals surface area contributed by atoms with Crippen LogP contribution in [0.3, 0.4) is 0 Å². The van der Waals surface area contributed by atoms with E-state index in [2.05, 4.69) is 40.7 Å². The van der Waals surface area contributed by atoms with Crippen molar-refractivity contribution in [3.63, 3.8) is 0 Å². The van der Waals surface area contributed by atoms with Crippen LogP contribution in [0.2, 0.25) is 0 Å². The van der Waals surface area contributed by atoms with Crippen molar-refractivity contribution in [1.29, 1.82) is 0 Å². The molecule has 0 aromatic carbocycles. The maximum atomic E-state index is 11.1. The molecule has 1 amide bonds. The van der Waals surface area contributed by atoms with Crippen molar-refractivity contribution in [1.82, 2.24) is 10.7 Å². The fourth-order valence-corrected chi connectivity index (χ4v) is 1.04. The van der Waals surface area contributed by atoms with Crippen molar-refractivity contribution >= 4 is 47.9 Å². The number of carbonyl (C=O) groups excluding carboxylic acids is 2. The standard InChI is InChI=1S/C7H12N4O2S2/c1-4(12)5(3-14)10-6(13)2-9-11-7(8)15/h2,5,14H,3H2,1H3,(H,10,13)(H3,8,11,15)/b9-2+. The summed E-state index contributed by atoms with van der Waals surface area (Å²) in [4.78, 5) is 22.1. The summed E-state index contributed by atoms with van der Waals surface area (Å²) < 4.78 is 0. The summed E-state index contributed by atoms with van der Waals surface area (Å²) in [5, 5.41) is 5.78. The van der Waals surface area contributed by atoms with Crippen LogP contribution in [-0.2, 0) is 9.59 Å². The van der Waals surface area contributed by atoms with Crippen LogP contribution in [0.15, 0.2) is 5.10 Å². The van der Waals surface area contributed by atoms with Crippen LogP contribution in [0.4, 0.5) is 0 Å². The van der Waals surface area contributed by atoms with Gasteiger partial charge >= 0.3 is 0 Å². The number of ketones is 1. The Morgan fingerprint density at radius 2 is 2.27 bits per heavy atom. The Kier molecular flexibility index (Phi) is 6.63. The molecule has 0 aromatic rings. The van der Waals surface area contributed by atoms with E-state index in [9.17, 15) is 9.59 Å². The van der Waals surface area contributed by atoms with Gasteiger partial charge in [0.2, 0.25) is 0 Å². The van der Waals surface area contributed by atoms with Crippen molar-refractivity contribution in [2.75, 3.05) is 5.75 Å². The molecule has 0 heterocycles. The van der Waals surface area contributed by atoms with Crippen LogP contribution < -0.4 is 16.5 Å². The molecule has 0 aliphatic heterocycles. The molecule has 1 atom stereocenters. The van der Waals surface area contributed by atoms with Gasteiger partial charge in [-0.1, -0.05) is 0 Å². The fourth-order valence-electron chi connectivity index (χ4n) is 0.639. The molecular weight excluding hydrogens is 236 g/mol. The third kappa shape index (κ3) is 6.86. The van der Waals surface area contributed by atoms with Gasteiger partial charge in [0.25, 0.3) is 5.91 Å². The highest BCUT2D eigenvalue weighted by atomic mass is 32.1. The number of nitrogens with one attached hydrogen (secondary N) is 2. The maximum Gasteiger partial charge on any atom is 0.264 e. The van der Waals surface area contributed by atoms with E-state index in [0.717, 1.165) is 6.21 Å². The molecule has 0 aliphatic carbocycles. The first-order valence-corrected chi connectivity index (χ1v) is 5.01. The monoisotopic (exact) mass is 248 g/mol.